The number of benzene rings is 1. The second kappa shape index (κ2) is 5.50. The van der Waals surface area contributed by atoms with E-state index in [9.17, 15) is 0 Å². The molecule has 0 aromatic heterocycles. The van der Waals surface area contributed by atoms with Crippen molar-refractivity contribution in [2.24, 2.45) is 0 Å². The third-order valence-corrected chi connectivity index (χ3v) is 2.82. The third kappa shape index (κ3) is 3.20. The van der Waals surface area contributed by atoms with E-state index in [1.54, 1.807) is 6.07 Å². The summed E-state index contributed by atoms with van der Waals surface area (Å²) in [6.45, 7) is 1.31. The van der Waals surface area contributed by atoms with Crippen LogP contribution in [0.4, 0.5) is 0 Å². The van der Waals surface area contributed by atoms with Gasteiger partial charge in [0.05, 0.1) is 6.61 Å². The zero-order valence-corrected chi connectivity index (χ0v) is 9.30. The highest BCUT2D eigenvalue weighted by molar-refractivity contribution is 6.31. The summed E-state index contributed by atoms with van der Waals surface area (Å²) in [5.74, 6) is 0. The lowest BCUT2D eigenvalue weighted by Crippen LogP contribution is -2.22. The van der Waals surface area contributed by atoms with E-state index in [1.807, 2.05) is 12.1 Å². The van der Waals surface area contributed by atoms with E-state index in [-0.39, 0.29) is 6.29 Å². The van der Waals surface area contributed by atoms with Crippen molar-refractivity contribution >= 4 is 11.6 Å². The Labute approximate surface area is 95.1 Å². The van der Waals surface area contributed by atoms with Crippen LogP contribution in [-0.2, 0) is 16.1 Å². The molecular weight excluding hydrogens is 212 g/mol. The molecular formula is C12H14ClO2. The second-order valence-corrected chi connectivity index (χ2v) is 4.03. The molecule has 1 aromatic rings. The Kier molecular flexibility index (Phi) is 4.01. The molecule has 0 bridgehead atoms. The van der Waals surface area contributed by atoms with E-state index < -0.39 is 0 Å². The quantitative estimate of drug-likeness (QED) is 0.787. The second-order valence-electron chi connectivity index (χ2n) is 3.62. The molecule has 2 nitrogen and oxygen atoms in total. The fourth-order valence-electron chi connectivity index (χ4n) is 1.58. The van der Waals surface area contributed by atoms with Crippen LogP contribution in [0.2, 0.25) is 5.02 Å². The Hall–Kier alpha value is -0.570. The van der Waals surface area contributed by atoms with E-state index in [0.717, 1.165) is 30.0 Å². The van der Waals surface area contributed by atoms with E-state index >= 15 is 0 Å². The first kappa shape index (κ1) is 10.9. The topological polar surface area (TPSA) is 18.5 Å². The van der Waals surface area contributed by atoms with Gasteiger partial charge in [0.15, 0.2) is 6.29 Å². The molecule has 1 heterocycles. The summed E-state index contributed by atoms with van der Waals surface area (Å²) in [7, 11) is 0. The van der Waals surface area contributed by atoms with E-state index in [4.69, 9.17) is 21.1 Å². The largest absolute Gasteiger partial charge is 0.353 e. The summed E-state index contributed by atoms with van der Waals surface area (Å²) in [6.07, 6.45) is 3.24. The monoisotopic (exact) mass is 225 g/mol. The van der Waals surface area contributed by atoms with Crippen molar-refractivity contribution in [1.82, 2.24) is 0 Å². The first-order valence-corrected chi connectivity index (χ1v) is 5.62. The molecule has 1 fully saturated rings. The van der Waals surface area contributed by atoms with Crippen LogP contribution in [0.3, 0.4) is 0 Å². The van der Waals surface area contributed by atoms with E-state index in [2.05, 4.69) is 6.07 Å². The van der Waals surface area contributed by atoms with Gasteiger partial charge in [-0.25, -0.2) is 0 Å². The van der Waals surface area contributed by atoms with Crippen LogP contribution in [-0.4, -0.2) is 12.9 Å². The first-order valence-electron chi connectivity index (χ1n) is 5.24. The Morgan fingerprint density at radius 3 is 3.20 bits per heavy atom. The molecule has 1 aromatic carbocycles. The summed E-state index contributed by atoms with van der Waals surface area (Å²) in [4.78, 5) is 0. The standard InChI is InChI=1S/C12H14ClO2/c13-11-6-2-1-5-10(11)9-15-12-7-3-4-8-14-12/h2,5-6,12H,3-4,7-9H2. The molecule has 1 aliphatic heterocycles. The summed E-state index contributed by atoms with van der Waals surface area (Å²) < 4.78 is 11.1. The molecule has 1 radical (unpaired) electrons. The predicted molar refractivity (Wildman–Crippen MR) is 58.7 cm³/mol. The predicted octanol–water partition coefficient (Wildman–Crippen LogP) is 3.18. The summed E-state index contributed by atoms with van der Waals surface area (Å²) >= 11 is 6.00. The highest BCUT2D eigenvalue weighted by Crippen LogP contribution is 2.19. The molecule has 1 aliphatic rings. The van der Waals surface area contributed by atoms with Gasteiger partial charge >= 0.3 is 0 Å². The average molecular weight is 226 g/mol. The molecule has 0 saturated carbocycles. The highest BCUT2D eigenvalue weighted by atomic mass is 35.5. The van der Waals surface area contributed by atoms with Crippen LogP contribution in [0.5, 0.6) is 0 Å². The molecule has 1 atom stereocenters. The highest BCUT2D eigenvalue weighted by Gasteiger charge is 2.14. The van der Waals surface area contributed by atoms with Crippen LogP contribution < -0.4 is 0 Å². The van der Waals surface area contributed by atoms with Crippen molar-refractivity contribution in [2.45, 2.75) is 32.2 Å². The smallest absolute Gasteiger partial charge is 0.158 e. The molecule has 0 aliphatic carbocycles. The van der Waals surface area contributed by atoms with Gasteiger partial charge in [-0.05, 0) is 43.0 Å². The van der Waals surface area contributed by atoms with Crippen LogP contribution >= 0.6 is 11.6 Å². The van der Waals surface area contributed by atoms with Crippen molar-refractivity contribution in [1.29, 1.82) is 0 Å². The van der Waals surface area contributed by atoms with Gasteiger partial charge in [-0.2, -0.15) is 0 Å². The van der Waals surface area contributed by atoms with Crippen molar-refractivity contribution in [3.05, 3.63) is 34.9 Å². The fraction of sp³-hybridized carbons (Fsp3) is 0.500. The molecule has 2 rings (SSSR count). The number of hydrogen-bond acceptors (Lipinski definition) is 2. The molecule has 1 unspecified atom stereocenters. The van der Waals surface area contributed by atoms with Crippen LogP contribution in [0, 0.1) is 6.07 Å². The Bertz CT molecular complexity index is 308. The SMILES string of the molecule is Clc1cc[c]cc1COC1CCCCO1. The van der Waals surface area contributed by atoms with Gasteiger partial charge in [0, 0.05) is 11.6 Å². The van der Waals surface area contributed by atoms with Crippen LogP contribution in [0.15, 0.2) is 18.2 Å². The minimum Gasteiger partial charge on any atom is -0.353 e. The molecule has 15 heavy (non-hydrogen) atoms. The van der Waals surface area contributed by atoms with Gasteiger partial charge < -0.3 is 9.47 Å². The number of rotatable bonds is 3. The third-order valence-electron chi connectivity index (χ3n) is 2.45. The number of ether oxygens (including phenoxy) is 2. The van der Waals surface area contributed by atoms with Crippen molar-refractivity contribution in [2.75, 3.05) is 6.61 Å². The van der Waals surface area contributed by atoms with Gasteiger partial charge in [-0.15, -0.1) is 0 Å². The summed E-state index contributed by atoms with van der Waals surface area (Å²) in [6, 6.07) is 8.45. The van der Waals surface area contributed by atoms with Gasteiger partial charge in [0.1, 0.15) is 0 Å². The number of hydrogen-bond donors (Lipinski definition) is 0. The molecule has 3 heteroatoms. The Morgan fingerprint density at radius 2 is 2.47 bits per heavy atom. The lowest BCUT2D eigenvalue weighted by molar-refractivity contribution is -0.168. The van der Waals surface area contributed by atoms with Crippen LogP contribution in [0.1, 0.15) is 24.8 Å². The maximum Gasteiger partial charge on any atom is 0.158 e. The van der Waals surface area contributed by atoms with Gasteiger partial charge in [0.25, 0.3) is 0 Å². The molecule has 0 spiro atoms. The lowest BCUT2D eigenvalue weighted by Gasteiger charge is -2.22. The zero-order valence-electron chi connectivity index (χ0n) is 8.54. The first-order chi connectivity index (χ1) is 7.36. The Morgan fingerprint density at radius 1 is 1.53 bits per heavy atom. The summed E-state index contributed by atoms with van der Waals surface area (Å²) in [5, 5.41) is 0.726. The minimum atomic E-state index is -0.0602. The van der Waals surface area contributed by atoms with Gasteiger partial charge in [0.2, 0.25) is 0 Å². The van der Waals surface area contributed by atoms with E-state index in [0.29, 0.717) is 6.61 Å². The molecule has 0 N–H and O–H groups in total. The molecule has 81 valence electrons. The van der Waals surface area contributed by atoms with Gasteiger partial charge in [-0.1, -0.05) is 17.7 Å². The normalized spacial score (nSPS) is 21.5. The Balaban J connectivity index is 1.84. The molecule has 0 amide bonds. The maximum atomic E-state index is 6.00. The molecule has 1 saturated heterocycles. The van der Waals surface area contributed by atoms with E-state index in [1.165, 1.54) is 6.42 Å². The zero-order chi connectivity index (χ0) is 10.5. The van der Waals surface area contributed by atoms with Crippen molar-refractivity contribution in [3.63, 3.8) is 0 Å². The fourth-order valence-corrected chi connectivity index (χ4v) is 1.75. The van der Waals surface area contributed by atoms with Crippen molar-refractivity contribution < 1.29 is 9.47 Å². The van der Waals surface area contributed by atoms with Gasteiger partial charge in [-0.3, -0.25) is 0 Å². The summed E-state index contributed by atoms with van der Waals surface area (Å²) in [5.41, 5.74) is 0.966. The van der Waals surface area contributed by atoms with Crippen molar-refractivity contribution in [3.8, 4) is 0 Å². The van der Waals surface area contributed by atoms with Crippen LogP contribution in [0.25, 0.3) is 0 Å². The maximum absolute atomic E-state index is 6.00. The lowest BCUT2D eigenvalue weighted by atomic mass is 10.2. The minimum absolute atomic E-state index is 0.0602. The number of halogens is 1. The average Bonchev–Trinajstić information content (AvgIpc) is 2.29.